The van der Waals surface area contributed by atoms with Crippen LogP contribution >= 0.6 is 0 Å². The molecule has 0 bridgehead atoms. The van der Waals surface area contributed by atoms with Crippen molar-refractivity contribution in [3.63, 3.8) is 0 Å². The summed E-state index contributed by atoms with van der Waals surface area (Å²) in [6, 6.07) is 8.65. The molecule has 8 heteroatoms. The zero-order chi connectivity index (χ0) is 23.6. The summed E-state index contributed by atoms with van der Waals surface area (Å²) in [6.45, 7) is 8.92. The number of ether oxygens (including phenoxy) is 1. The molecule has 0 fully saturated rings. The van der Waals surface area contributed by atoms with Gasteiger partial charge in [0.15, 0.2) is 0 Å². The van der Waals surface area contributed by atoms with Crippen LogP contribution in [0.25, 0.3) is 11.0 Å². The molecule has 0 radical (unpaired) electrons. The summed E-state index contributed by atoms with van der Waals surface area (Å²) in [7, 11) is -3.91. The van der Waals surface area contributed by atoms with Crippen molar-refractivity contribution in [3.05, 3.63) is 69.1 Å². The number of fused-ring (bicyclic) bond motifs is 1. The molecule has 7 nitrogen and oxygen atoms in total. The summed E-state index contributed by atoms with van der Waals surface area (Å²) in [4.78, 5) is 25.1. The number of esters is 1. The molecule has 0 aliphatic heterocycles. The number of carbonyl (C=O) groups excluding carboxylic acids is 1. The molecule has 1 aromatic heterocycles. The Morgan fingerprint density at radius 1 is 1.00 bits per heavy atom. The molecule has 0 saturated carbocycles. The van der Waals surface area contributed by atoms with Gasteiger partial charge in [-0.15, -0.1) is 0 Å². The quantitative estimate of drug-likeness (QED) is 0.326. The highest BCUT2D eigenvalue weighted by molar-refractivity contribution is 7.89. The Bertz CT molecular complexity index is 1320. The summed E-state index contributed by atoms with van der Waals surface area (Å²) in [5.41, 5.74) is 2.64. The van der Waals surface area contributed by atoms with E-state index < -0.39 is 27.7 Å². The van der Waals surface area contributed by atoms with Crippen molar-refractivity contribution >= 4 is 27.0 Å². The van der Waals surface area contributed by atoms with Crippen molar-refractivity contribution in [2.24, 2.45) is 0 Å². The third kappa shape index (κ3) is 4.76. The first-order valence-electron chi connectivity index (χ1n) is 10.4. The van der Waals surface area contributed by atoms with Gasteiger partial charge in [0.2, 0.25) is 10.0 Å². The van der Waals surface area contributed by atoms with E-state index in [0.29, 0.717) is 23.1 Å². The van der Waals surface area contributed by atoms with Crippen molar-refractivity contribution in [1.29, 1.82) is 0 Å². The fraction of sp³-hybridized carbons (Fsp3) is 0.333. The molecule has 32 heavy (non-hydrogen) atoms. The highest BCUT2D eigenvalue weighted by Crippen LogP contribution is 2.29. The summed E-state index contributed by atoms with van der Waals surface area (Å²) < 4.78 is 39.0. The predicted octanol–water partition coefficient (Wildman–Crippen LogP) is 4.08. The first-order valence-corrected chi connectivity index (χ1v) is 11.9. The highest BCUT2D eigenvalue weighted by atomic mass is 32.2. The number of hydrogen-bond donors (Lipinski definition) is 1. The van der Waals surface area contributed by atoms with Gasteiger partial charge in [0, 0.05) is 16.5 Å². The van der Waals surface area contributed by atoms with Gasteiger partial charge in [0.1, 0.15) is 17.4 Å². The number of sulfonamides is 1. The van der Waals surface area contributed by atoms with Gasteiger partial charge < -0.3 is 9.15 Å². The molecule has 0 amide bonds. The summed E-state index contributed by atoms with van der Waals surface area (Å²) in [5.74, 6) is -0.513. The lowest BCUT2D eigenvalue weighted by Crippen LogP contribution is -2.42. The van der Waals surface area contributed by atoms with E-state index in [1.54, 1.807) is 38.1 Å². The minimum absolute atomic E-state index is 0.0755. The van der Waals surface area contributed by atoms with Gasteiger partial charge in [-0.25, -0.2) is 18.0 Å². The van der Waals surface area contributed by atoms with Crippen LogP contribution in [-0.2, 0) is 14.8 Å². The van der Waals surface area contributed by atoms with Crippen LogP contribution in [0.5, 0.6) is 5.75 Å². The molecule has 0 aliphatic carbocycles. The lowest BCUT2D eigenvalue weighted by Gasteiger charge is -2.18. The monoisotopic (exact) mass is 457 g/mol. The largest absolute Gasteiger partial charge is 0.425 e. The normalized spacial score (nSPS) is 12.7. The van der Waals surface area contributed by atoms with E-state index in [4.69, 9.17) is 9.15 Å². The summed E-state index contributed by atoms with van der Waals surface area (Å²) in [6.07, 6.45) is 0.837. The molecule has 0 spiro atoms. The molecule has 1 atom stereocenters. The lowest BCUT2D eigenvalue weighted by molar-refractivity contribution is -0.136. The molecular formula is C24H27NO6S. The molecule has 3 aromatic rings. The average molecular weight is 458 g/mol. The molecule has 1 N–H and O–H groups in total. The van der Waals surface area contributed by atoms with Crippen molar-refractivity contribution in [2.75, 3.05) is 0 Å². The van der Waals surface area contributed by atoms with Crippen molar-refractivity contribution in [1.82, 2.24) is 4.72 Å². The van der Waals surface area contributed by atoms with E-state index >= 15 is 0 Å². The second kappa shape index (κ2) is 9.26. The maximum absolute atomic E-state index is 12.9. The number of benzene rings is 2. The van der Waals surface area contributed by atoms with Crippen LogP contribution in [0.15, 0.2) is 50.5 Å². The Kier molecular flexibility index (Phi) is 6.85. The van der Waals surface area contributed by atoms with Gasteiger partial charge in [0.25, 0.3) is 0 Å². The number of hydrogen-bond acceptors (Lipinski definition) is 6. The molecule has 170 valence electrons. The topological polar surface area (TPSA) is 103 Å². The minimum atomic E-state index is -3.91. The molecular weight excluding hydrogens is 430 g/mol. The Morgan fingerprint density at radius 2 is 1.66 bits per heavy atom. The summed E-state index contributed by atoms with van der Waals surface area (Å²) in [5, 5.41) is 0.754. The molecule has 2 aromatic carbocycles. The fourth-order valence-electron chi connectivity index (χ4n) is 3.40. The number of rotatable bonds is 7. The van der Waals surface area contributed by atoms with E-state index in [1.165, 1.54) is 12.1 Å². The SMILES string of the molecule is CCC[C@H](NS(=O)(=O)c1ccc(C)cc1)C(=O)Oc1ccc2c(C)c(C)c(=O)oc2c1C. The Hall–Kier alpha value is -2.97. The molecule has 3 rings (SSSR count). The standard InChI is InChI=1S/C24H27NO6S/c1-6-7-20(25-32(28,29)18-10-8-14(2)9-11-18)24(27)30-21-13-12-19-15(3)16(4)23(26)31-22(19)17(21)5/h8-13,20,25H,6-7H2,1-5H3/t20-/m0/s1. The van der Waals surface area contributed by atoms with E-state index in [1.807, 2.05) is 20.8 Å². The Morgan fingerprint density at radius 3 is 2.28 bits per heavy atom. The lowest BCUT2D eigenvalue weighted by atomic mass is 10.0. The van der Waals surface area contributed by atoms with E-state index in [2.05, 4.69) is 4.72 Å². The van der Waals surface area contributed by atoms with Crippen LogP contribution in [0, 0.1) is 27.7 Å². The van der Waals surface area contributed by atoms with E-state index in [9.17, 15) is 18.0 Å². The third-order valence-corrected chi connectivity index (χ3v) is 7.01. The molecule has 0 unspecified atom stereocenters. The first kappa shape index (κ1) is 23.7. The molecule has 0 aliphatic rings. The highest BCUT2D eigenvalue weighted by Gasteiger charge is 2.27. The number of nitrogens with one attached hydrogen (secondary N) is 1. The Labute approximate surface area is 187 Å². The minimum Gasteiger partial charge on any atom is -0.425 e. The van der Waals surface area contributed by atoms with Crippen molar-refractivity contribution in [2.45, 2.75) is 58.4 Å². The smallest absolute Gasteiger partial charge is 0.339 e. The van der Waals surface area contributed by atoms with Crippen molar-refractivity contribution < 1.29 is 22.4 Å². The van der Waals surface area contributed by atoms with Gasteiger partial charge >= 0.3 is 11.6 Å². The van der Waals surface area contributed by atoms with E-state index in [-0.39, 0.29) is 17.1 Å². The van der Waals surface area contributed by atoms with Gasteiger partial charge in [-0.2, -0.15) is 4.72 Å². The Balaban J connectivity index is 1.90. The predicted molar refractivity (Wildman–Crippen MR) is 123 cm³/mol. The van der Waals surface area contributed by atoms with Crippen LogP contribution in [0.4, 0.5) is 0 Å². The maximum atomic E-state index is 12.9. The average Bonchev–Trinajstić information content (AvgIpc) is 2.74. The third-order valence-electron chi connectivity index (χ3n) is 5.52. The second-order valence-corrected chi connectivity index (χ2v) is 9.62. The maximum Gasteiger partial charge on any atom is 0.339 e. The van der Waals surface area contributed by atoms with Crippen LogP contribution in [-0.4, -0.2) is 20.4 Å². The number of carbonyl (C=O) groups is 1. The first-order chi connectivity index (χ1) is 15.0. The summed E-state index contributed by atoms with van der Waals surface area (Å²) >= 11 is 0. The zero-order valence-electron chi connectivity index (χ0n) is 18.8. The van der Waals surface area contributed by atoms with Crippen LogP contribution in [0.3, 0.4) is 0 Å². The van der Waals surface area contributed by atoms with Gasteiger partial charge in [-0.1, -0.05) is 31.0 Å². The van der Waals surface area contributed by atoms with E-state index in [0.717, 1.165) is 16.5 Å². The fourth-order valence-corrected chi connectivity index (χ4v) is 4.62. The van der Waals surface area contributed by atoms with Crippen LogP contribution < -0.4 is 15.1 Å². The van der Waals surface area contributed by atoms with Gasteiger partial charge in [-0.3, -0.25) is 0 Å². The van der Waals surface area contributed by atoms with Crippen LogP contribution in [0.2, 0.25) is 0 Å². The molecule has 1 heterocycles. The van der Waals surface area contributed by atoms with Gasteiger partial charge in [-0.05, 0) is 63.9 Å². The number of aryl methyl sites for hydroxylation is 3. The van der Waals surface area contributed by atoms with Crippen molar-refractivity contribution in [3.8, 4) is 5.75 Å². The zero-order valence-corrected chi connectivity index (χ0v) is 19.6. The molecule has 0 saturated heterocycles. The second-order valence-electron chi connectivity index (χ2n) is 7.90. The van der Waals surface area contributed by atoms with Gasteiger partial charge in [0.05, 0.1) is 4.90 Å². The van der Waals surface area contributed by atoms with Crippen LogP contribution in [0.1, 0.15) is 42.0 Å².